The van der Waals surface area contributed by atoms with Crippen LogP contribution in [0.15, 0.2) is 17.6 Å². The molecule has 1 atom stereocenters. The molecule has 0 aromatic carbocycles. The number of aromatic nitrogens is 1. The van der Waals surface area contributed by atoms with Crippen LogP contribution < -0.4 is 5.32 Å². The van der Waals surface area contributed by atoms with Crippen molar-refractivity contribution >= 4 is 39.8 Å². The number of aryl methyl sites for hydroxylation is 1. The van der Waals surface area contributed by atoms with Gasteiger partial charge >= 0.3 is 6.09 Å². The molecule has 2 N–H and O–H groups in total. The lowest BCUT2D eigenvalue weighted by atomic mass is 10.1. The molecular weight excluding hydrogens is 322 g/mol. The zero-order chi connectivity index (χ0) is 15.7. The number of amides is 2. The molecule has 116 valence electrons. The van der Waals surface area contributed by atoms with E-state index < -0.39 is 6.09 Å². The standard InChI is InChI=1S/C14H15N3O3S2/c1-8-9(12(18)16-13-15-4-6-21-13)7-11(22-8)10-3-2-5-17(10)14(19)20/h4,6-7,10H,2-3,5H2,1H3,(H,19,20)(H,15,16,18). The Kier molecular flexibility index (Phi) is 4.12. The van der Waals surface area contributed by atoms with Crippen LogP contribution in [0.3, 0.4) is 0 Å². The zero-order valence-corrected chi connectivity index (χ0v) is 13.5. The second kappa shape index (κ2) is 6.05. The third kappa shape index (κ3) is 2.84. The van der Waals surface area contributed by atoms with Crippen molar-refractivity contribution in [1.82, 2.24) is 9.88 Å². The molecule has 0 saturated carbocycles. The van der Waals surface area contributed by atoms with Crippen molar-refractivity contribution in [1.29, 1.82) is 0 Å². The lowest BCUT2D eigenvalue weighted by Crippen LogP contribution is -2.28. The van der Waals surface area contributed by atoms with Crippen LogP contribution in [0.2, 0.25) is 0 Å². The molecule has 2 amide bonds. The molecular formula is C14H15N3O3S2. The van der Waals surface area contributed by atoms with E-state index in [4.69, 9.17) is 0 Å². The first-order chi connectivity index (χ1) is 10.6. The van der Waals surface area contributed by atoms with Gasteiger partial charge in [-0.25, -0.2) is 9.78 Å². The van der Waals surface area contributed by atoms with Crippen molar-refractivity contribution in [3.63, 3.8) is 0 Å². The fraction of sp³-hybridized carbons (Fsp3) is 0.357. The minimum absolute atomic E-state index is 0.136. The van der Waals surface area contributed by atoms with Crippen LogP contribution in [0.1, 0.15) is 39.0 Å². The first-order valence-corrected chi connectivity index (χ1v) is 8.56. The van der Waals surface area contributed by atoms with E-state index in [2.05, 4.69) is 10.3 Å². The van der Waals surface area contributed by atoms with E-state index in [1.807, 2.05) is 13.0 Å². The van der Waals surface area contributed by atoms with Crippen LogP contribution in [0.4, 0.5) is 9.93 Å². The van der Waals surface area contributed by atoms with Gasteiger partial charge in [0.1, 0.15) is 0 Å². The third-order valence-corrected chi connectivity index (χ3v) is 5.50. The maximum absolute atomic E-state index is 12.3. The molecule has 2 aromatic heterocycles. The summed E-state index contributed by atoms with van der Waals surface area (Å²) in [5, 5.41) is 14.4. The number of rotatable bonds is 3. The largest absolute Gasteiger partial charge is 0.465 e. The quantitative estimate of drug-likeness (QED) is 0.897. The molecule has 0 radical (unpaired) electrons. The summed E-state index contributed by atoms with van der Waals surface area (Å²) >= 11 is 2.85. The van der Waals surface area contributed by atoms with E-state index >= 15 is 0 Å². The van der Waals surface area contributed by atoms with Crippen LogP contribution in [-0.2, 0) is 0 Å². The van der Waals surface area contributed by atoms with Gasteiger partial charge in [-0.2, -0.15) is 0 Å². The Morgan fingerprint density at radius 1 is 1.50 bits per heavy atom. The number of hydrogen-bond donors (Lipinski definition) is 2. The van der Waals surface area contributed by atoms with Gasteiger partial charge in [-0.1, -0.05) is 0 Å². The maximum Gasteiger partial charge on any atom is 0.407 e. The van der Waals surface area contributed by atoms with Crippen LogP contribution in [0, 0.1) is 6.92 Å². The molecule has 1 aliphatic rings. The smallest absolute Gasteiger partial charge is 0.407 e. The van der Waals surface area contributed by atoms with Gasteiger partial charge < -0.3 is 10.0 Å². The SMILES string of the molecule is Cc1sc(C2CCCN2C(=O)O)cc1C(=O)Nc1nccs1. The lowest BCUT2D eigenvalue weighted by molar-refractivity contribution is 0.102. The average Bonchev–Trinajstić information content (AvgIpc) is 3.16. The fourth-order valence-electron chi connectivity index (χ4n) is 2.64. The average molecular weight is 337 g/mol. The maximum atomic E-state index is 12.3. The molecule has 1 saturated heterocycles. The highest BCUT2D eigenvalue weighted by Gasteiger charge is 2.31. The number of anilines is 1. The minimum atomic E-state index is -0.901. The summed E-state index contributed by atoms with van der Waals surface area (Å²) in [6, 6.07) is 1.68. The second-order valence-electron chi connectivity index (χ2n) is 5.04. The third-order valence-electron chi connectivity index (χ3n) is 3.66. The van der Waals surface area contributed by atoms with E-state index in [1.54, 1.807) is 11.6 Å². The number of hydrogen-bond acceptors (Lipinski definition) is 5. The highest BCUT2D eigenvalue weighted by atomic mass is 32.1. The van der Waals surface area contributed by atoms with Crippen LogP contribution >= 0.6 is 22.7 Å². The topological polar surface area (TPSA) is 82.5 Å². The molecule has 0 spiro atoms. The van der Waals surface area contributed by atoms with Crippen molar-refractivity contribution in [3.05, 3.63) is 33.0 Å². The van der Waals surface area contributed by atoms with Gasteiger partial charge in [-0.05, 0) is 25.8 Å². The van der Waals surface area contributed by atoms with E-state index in [0.29, 0.717) is 17.2 Å². The molecule has 3 heterocycles. The summed E-state index contributed by atoms with van der Waals surface area (Å²) < 4.78 is 0. The van der Waals surface area contributed by atoms with E-state index in [9.17, 15) is 14.7 Å². The number of carbonyl (C=O) groups excluding carboxylic acids is 1. The fourth-order valence-corrected chi connectivity index (χ4v) is 4.33. The number of thiophene rings is 1. The molecule has 0 aliphatic carbocycles. The van der Waals surface area contributed by atoms with Crippen LogP contribution in [0.25, 0.3) is 0 Å². The van der Waals surface area contributed by atoms with Gasteiger partial charge in [0.15, 0.2) is 5.13 Å². The Morgan fingerprint density at radius 3 is 3.00 bits per heavy atom. The van der Waals surface area contributed by atoms with E-state index in [0.717, 1.165) is 22.6 Å². The number of carbonyl (C=O) groups is 2. The molecule has 2 aromatic rings. The van der Waals surface area contributed by atoms with Crippen molar-refractivity contribution < 1.29 is 14.7 Å². The molecule has 8 heteroatoms. The molecule has 1 aliphatic heterocycles. The van der Waals surface area contributed by atoms with Crippen LogP contribution in [0.5, 0.6) is 0 Å². The minimum Gasteiger partial charge on any atom is -0.465 e. The lowest BCUT2D eigenvalue weighted by Gasteiger charge is -2.19. The summed E-state index contributed by atoms with van der Waals surface area (Å²) in [4.78, 5) is 30.9. The molecule has 1 fully saturated rings. The Labute approximate surface area is 135 Å². The predicted molar refractivity (Wildman–Crippen MR) is 85.8 cm³/mol. The van der Waals surface area contributed by atoms with Crippen molar-refractivity contribution in [2.75, 3.05) is 11.9 Å². The normalized spacial score (nSPS) is 17.7. The highest BCUT2D eigenvalue weighted by molar-refractivity contribution is 7.14. The molecule has 0 bridgehead atoms. The van der Waals surface area contributed by atoms with Gasteiger partial charge in [-0.15, -0.1) is 22.7 Å². The van der Waals surface area contributed by atoms with Crippen LogP contribution in [-0.4, -0.2) is 33.5 Å². The molecule has 22 heavy (non-hydrogen) atoms. The van der Waals surface area contributed by atoms with Gasteiger partial charge in [0, 0.05) is 27.9 Å². The number of thiazole rings is 1. The van der Waals surface area contributed by atoms with Gasteiger partial charge in [0.05, 0.1) is 11.6 Å². The summed E-state index contributed by atoms with van der Waals surface area (Å²) in [5.74, 6) is -0.199. The summed E-state index contributed by atoms with van der Waals surface area (Å²) in [6.45, 7) is 2.43. The summed E-state index contributed by atoms with van der Waals surface area (Å²) in [6.07, 6.45) is 2.39. The predicted octanol–water partition coefficient (Wildman–Crippen LogP) is 3.58. The highest BCUT2D eigenvalue weighted by Crippen LogP contribution is 2.37. The Hall–Kier alpha value is -1.93. The van der Waals surface area contributed by atoms with Gasteiger partial charge in [0.2, 0.25) is 0 Å². The Bertz CT molecular complexity index is 696. The van der Waals surface area contributed by atoms with E-state index in [-0.39, 0.29) is 11.9 Å². The summed E-state index contributed by atoms with van der Waals surface area (Å²) in [5.41, 5.74) is 0.590. The van der Waals surface area contributed by atoms with Gasteiger partial charge in [0.25, 0.3) is 5.91 Å². The summed E-state index contributed by atoms with van der Waals surface area (Å²) in [7, 11) is 0. The monoisotopic (exact) mass is 337 g/mol. The first-order valence-electron chi connectivity index (χ1n) is 6.87. The number of nitrogens with one attached hydrogen (secondary N) is 1. The van der Waals surface area contributed by atoms with Crippen molar-refractivity contribution in [2.45, 2.75) is 25.8 Å². The molecule has 3 rings (SSSR count). The van der Waals surface area contributed by atoms with E-state index in [1.165, 1.54) is 27.6 Å². The molecule has 6 nitrogen and oxygen atoms in total. The molecule has 1 unspecified atom stereocenters. The van der Waals surface area contributed by atoms with Crippen molar-refractivity contribution in [3.8, 4) is 0 Å². The van der Waals surface area contributed by atoms with Gasteiger partial charge in [-0.3, -0.25) is 10.1 Å². The number of nitrogens with zero attached hydrogens (tertiary/aromatic N) is 2. The zero-order valence-electron chi connectivity index (χ0n) is 11.9. The number of likely N-dealkylation sites (tertiary alicyclic amines) is 1. The Balaban J connectivity index is 1.81. The van der Waals surface area contributed by atoms with Crippen molar-refractivity contribution in [2.24, 2.45) is 0 Å². The second-order valence-corrected chi connectivity index (χ2v) is 7.23. The number of carboxylic acid groups (broad SMARTS) is 1. The first kappa shape index (κ1) is 15.0. The Morgan fingerprint density at radius 2 is 2.32 bits per heavy atom.